The molecule has 0 spiro atoms. The Morgan fingerprint density at radius 1 is 1.38 bits per heavy atom. The van der Waals surface area contributed by atoms with Crippen LogP contribution in [0.25, 0.3) is 10.9 Å². The van der Waals surface area contributed by atoms with Gasteiger partial charge >= 0.3 is 0 Å². The van der Waals surface area contributed by atoms with Crippen molar-refractivity contribution in [3.63, 3.8) is 0 Å². The Morgan fingerprint density at radius 3 is 2.76 bits per heavy atom. The van der Waals surface area contributed by atoms with Gasteiger partial charge in [0.2, 0.25) is 5.44 Å². The van der Waals surface area contributed by atoms with E-state index in [1.165, 1.54) is 24.0 Å². The molecule has 0 bridgehead atoms. The van der Waals surface area contributed by atoms with E-state index in [1.807, 2.05) is 13.8 Å². The largest absolute Gasteiger partial charge is 0.470 e. The smallest absolute Gasteiger partial charge is 0.272 e. The molecule has 0 aliphatic rings. The van der Waals surface area contributed by atoms with Crippen molar-refractivity contribution in [3.05, 3.63) is 53.3 Å². The van der Waals surface area contributed by atoms with Crippen LogP contribution in [0.1, 0.15) is 30.9 Å². The second kappa shape index (κ2) is 8.13. The van der Waals surface area contributed by atoms with Crippen LogP contribution >= 0.6 is 11.8 Å². The zero-order valence-corrected chi connectivity index (χ0v) is 17.3. The zero-order chi connectivity index (χ0) is 21.2. The number of hydrogen-bond acceptors (Lipinski definition) is 6. The van der Waals surface area contributed by atoms with E-state index in [2.05, 4.69) is 21.4 Å². The van der Waals surface area contributed by atoms with Crippen LogP contribution in [0, 0.1) is 25.1 Å². The number of terminal acetylenes is 1. The first-order valence-corrected chi connectivity index (χ1v) is 10.0. The molecule has 0 fully saturated rings. The van der Waals surface area contributed by atoms with Gasteiger partial charge in [0.25, 0.3) is 5.91 Å². The molecule has 29 heavy (non-hydrogen) atoms. The van der Waals surface area contributed by atoms with E-state index in [0.717, 1.165) is 0 Å². The normalized spacial score (nSPS) is 12.4. The van der Waals surface area contributed by atoms with E-state index in [0.29, 0.717) is 22.4 Å². The molecule has 0 radical (unpaired) electrons. The molecular weight excluding hydrogens is 393 g/mol. The summed E-state index contributed by atoms with van der Waals surface area (Å²) in [6.45, 7) is 5.39. The number of nitrogens with zero attached hydrogens (tertiary/aromatic N) is 2. The van der Waals surface area contributed by atoms with E-state index >= 15 is 0 Å². The first kappa shape index (κ1) is 20.7. The first-order valence-electron chi connectivity index (χ1n) is 8.74. The molecule has 0 aliphatic heterocycles. The molecule has 8 heteroatoms. The molecule has 1 unspecified atom stereocenters. The number of nitrogens with one attached hydrogen (secondary N) is 1. The molecule has 2 aromatic heterocycles. The molecule has 150 valence electrons. The highest BCUT2D eigenvalue weighted by Crippen LogP contribution is 2.27. The molecule has 1 aromatic carbocycles. The van der Waals surface area contributed by atoms with Gasteiger partial charge in [0, 0.05) is 29.3 Å². The summed E-state index contributed by atoms with van der Waals surface area (Å²) in [6, 6.07) is 6.20. The molecule has 6 nitrogen and oxygen atoms in total. The lowest BCUT2D eigenvalue weighted by molar-refractivity contribution is -0.126. The second-order valence-electron chi connectivity index (χ2n) is 6.97. The lowest BCUT2D eigenvalue weighted by atomic mass is 10.0. The predicted octanol–water partition coefficient (Wildman–Crippen LogP) is 3.77. The van der Waals surface area contributed by atoms with E-state index in [-0.39, 0.29) is 17.2 Å². The molecule has 0 saturated heterocycles. The van der Waals surface area contributed by atoms with Crippen LogP contribution in [0.2, 0.25) is 0 Å². The summed E-state index contributed by atoms with van der Waals surface area (Å²) in [5, 5.41) is 7.34. The molecule has 0 saturated carbocycles. The van der Waals surface area contributed by atoms with Gasteiger partial charge in [0.1, 0.15) is 22.7 Å². The van der Waals surface area contributed by atoms with Gasteiger partial charge in [0.05, 0.1) is 5.54 Å². The van der Waals surface area contributed by atoms with Gasteiger partial charge in [-0.05, 0) is 39.2 Å². The lowest BCUT2D eigenvalue weighted by Gasteiger charge is -2.26. The van der Waals surface area contributed by atoms with E-state index in [9.17, 15) is 9.18 Å². The summed E-state index contributed by atoms with van der Waals surface area (Å²) in [5.41, 5.74) is -0.371. The number of halogens is 1. The number of aryl methyl sites for hydroxylation is 1. The summed E-state index contributed by atoms with van der Waals surface area (Å²) < 4.78 is 25.3. The Hall–Kier alpha value is -3.05. The van der Waals surface area contributed by atoms with E-state index in [4.69, 9.17) is 15.7 Å². The van der Waals surface area contributed by atoms with Crippen molar-refractivity contribution in [1.82, 2.24) is 15.5 Å². The number of rotatable bonds is 6. The third-order valence-electron chi connectivity index (χ3n) is 4.25. The number of hydrogen-bond donors (Lipinski definition) is 1. The van der Waals surface area contributed by atoms with Crippen molar-refractivity contribution >= 4 is 28.6 Å². The lowest BCUT2D eigenvalue weighted by Crippen LogP contribution is -2.46. The number of carbonyl (C=O) groups is 1. The van der Waals surface area contributed by atoms with Gasteiger partial charge in [-0.25, -0.2) is 4.39 Å². The maximum absolute atomic E-state index is 14.4. The number of aromatic nitrogens is 2. The highest BCUT2D eigenvalue weighted by Gasteiger charge is 2.30. The number of benzene rings is 1. The van der Waals surface area contributed by atoms with Crippen LogP contribution in [0.5, 0.6) is 5.75 Å². The zero-order valence-electron chi connectivity index (χ0n) is 16.4. The van der Waals surface area contributed by atoms with Crippen molar-refractivity contribution in [2.75, 3.05) is 6.26 Å². The maximum atomic E-state index is 14.4. The summed E-state index contributed by atoms with van der Waals surface area (Å²) >= 11 is 1.18. The molecule has 1 atom stereocenters. The fourth-order valence-corrected chi connectivity index (χ4v) is 3.23. The molecule has 0 aliphatic carbocycles. The Balaban J connectivity index is 1.82. The summed E-state index contributed by atoms with van der Waals surface area (Å²) in [4.78, 5) is 16.8. The van der Waals surface area contributed by atoms with Gasteiger partial charge < -0.3 is 14.6 Å². The molecule has 1 N–H and O–H groups in total. The minimum atomic E-state index is -0.900. The van der Waals surface area contributed by atoms with Gasteiger partial charge in [-0.3, -0.25) is 9.78 Å². The molecular formula is C21H20FN3O3S. The predicted molar refractivity (Wildman–Crippen MR) is 110 cm³/mol. The quantitative estimate of drug-likeness (QED) is 0.490. The third kappa shape index (κ3) is 4.51. The topological polar surface area (TPSA) is 77.2 Å². The Labute approximate surface area is 172 Å². The monoisotopic (exact) mass is 413 g/mol. The molecule has 3 rings (SSSR count). The van der Waals surface area contributed by atoms with Crippen LogP contribution in [0.4, 0.5) is 4.39 Å². The summed E-state index contributed by atoms with van der Waals surface area (Å²) in [6.07, 6.45) is 8.54. The Morgan fingerprint density at radius 2 is 2.14 bits per heavy atom. The minimum absolute atomic E-state index is 0.184. The maximum Gasteiger partial charge on any atom is 0.272 e. The van der Waals surface area contributed by atoms with Crippen molar-refractivity contribution in [3.8, 4) is 18.1 Å². The van der Waals surface area contributed by atoms with Crippen molar-refractivity contribution in [2.24, 2.45) is 0 Å². The average Bonchev–Trinajstić information content (AvgIpc) is 3.12. The van der Waals surface area contributed by atoms with Crippen LogP contribution in [-0.2, 0) is 10.3 Å². The third-order valence-corrected chi connectivity index (χ3v) is 4.99. The van der Waals surface area contributed by atoms with Gasteiger partial charge in [-0.2, -0.15) is 0 Å². The Kier molecular flexibility index (Phi) is 5.80. The highest BCUT2D eigenvalue weighted by atomic mass is 32.2. The fourth-order valence-electron chi connectivity index (χ4n) is 2.75. The van der Waals surface area contributed by atoms with E-state index < -0.39 is 16.8 Å². The fraction of sp³-hybridized carbons (Fsp3) is 0.286. The van der Waals surface area contributed by atoms with Crippen molar-refractivity contribution < 1.29 is 18.4 Å². The van der Waals surface area contributed by atoms with Crippen molar-refractivity contribution in [1.29, 1.82) is 0 Å². The van der Waals surface area contributed by atoms with Crippen molar-refractivity contribution in [2.45, 2.75) is 31.7 Å². The second-order valence-corrected chi connectivity index (χ2v) is 7.87. The van der Waals surface area contributed by atoms with Crippen LogP contribution < -0.4 is 10.1 Å². The minimum Gasteiger partial charge on any atom is -0.470 e. The van der Waals surface area contributed by atoms with Gasteiger partial charge in [-0.1, -0.05) is 11.1 Å². The van der Waals surface area contributed by atoms with Crippen LogP contribution in [-0.4, -0.2) is 27.7 Å². The Bertz CT molecular complexity index is 1100. The first-order chi connectivity index (χ1) is 13.7. The molecule has 1 amide bonds. The number of ether oxygens (including phenoxy) is 1. The summed E-state index contributed by atoms with van der Waals surface area (Å²) in [5.74, 6) is 2.38. The van der Waals surface area contributed by atoms with Gasteiger partial charge in [0.15, 0.2) is 5.82 Å². The number of carbonyl (C=O) groups excluding carboxylic acids is 1. The highest BCUT2D eigenvalue weighted by molar-refractivity contribution is 7.99. The standard InChI is InChI=1S/C21H20FN3O3S/c1-6-13-8-14-9-15(10-16(22)18(14)23-11-13)27-20(29-5)19(26)24-21(3,4)17-7-12(2)28-25-17/h1,7-11,20H,2-5H3,(H,24,26). The molecule has 3 aromatic rings. The number of thioether (sulfide) groups is 1. The van der Waals surface area contributed by atoms with Crippen LogP contribution in [0.15, 0.2) is 35.0 Å². The molecule has 2 heterocycles. The van der Waals surface area contributed by atoms with E-state index in [1.54, 1.807) is 31.4 Å². The summed E-state index contributed by atoms with van der Waals surface area (Å²) in [7, 11) is 0. The van der Waals surface area contributed by atoms with Crippen LogP contribution in [0.3, 0.4) is 0 Å². The average molecular weight is 413 g/mol. The SMILES string of the molecule is C#Cc1cnc2c(F)cc(OC(SC)C(=O)NC(C)(C)c3cc(C)on3)cc2c1. The number of fused-ring (bicyclic) bond motifs is 1. The number of pyridine rings is 1. The number of amides is 1. The van der Waals surface area contributed by atoms with Gasteiger partial charge in [-0.15, -0.1) is 18.2 Å².